The largest absolute Gasteiger partial charge is 0.243 e. The molecule has 0 fully saturated rings. The van der Waals surface area contributed by atoms with Crippen LogP contribution >= 0.6 is 11.6 Å². The lowest BCUT2D eigenvalue weighted by atomic mass is 10.1. The van der Waals surface area contributed by atoms with Crippen molar-refractivity contribution in [1.29, 1.82) is 0 Å². The predicted octanol–water partition coefficient (Wildman–Crippen LogP) is 3.44. The number of rotatable bonds is 5. The summed E-state index contributed by atoms with van der Waals surface area (Å²) in [5.74, 6) is -0.662. The molecule has 0 N–H and O–H groups in total. The predicted molar refractivity (Wildman–Crippen MR) is 96.1 cm³/mol. The SMILES string of the molecule is C[C@H](c1ccc(-n2cncn2)cc1)N(C)S(=O)(=O)c1ccc(F)c(Cl)c1. The van der Waals surface area contributed by atoms with E-state index in [1.807, 2.05) is 24.3 Å². The zero-order valence-electron chi connectivity index (χ0n) is 14.0. The second-order valence-electron chi connectivity index (χ2n) is 5.70. The molecule has 2 aromatic carbocycles. The maximum atomic E-state index is 13.3. The molecule has 0 aliphatic heterocycles. The molecule has 0 bridgehead atoms. The Hall–Kier alpha value is -2.29. The summed E-state index contributed by atoms with van der Waals surface area (Å²) >= 11 is 5.72. The molecule has 6 nitrogen and oxygen atoms in total. The minimum absolute atomic E-state index is 0.0579. The van der Waals surface area contributed by atoms with Gasteiger partial charge in [-0.1, -0.05) is 23.7 Å². The topological polar surface area (TPSA) is 68.1 Å². The Kier molecular flexibility index (Phi) is 5.08. The molecule has 0 amide bonds. The highest BCUT2D eigenvalue weighted by Crippen LogP contribution is 2.28. The van der Waals surface area contributed by atoms with E-state index in [2.05, 4.69) is 10.1 Å². The molecule has 0 radical (unpaired) electrons. The maximum absolute atomic E-state index is 13.3. The lowest BCUT2D eigenvalue weighted by Crippen LogP contribution is -2.29. The third-order valence-corrected chi connectivity index (χ3v) is 6.39. The average Bonchev–Trinajstić information content (AvgIpc) is 3.17. The molecule has 1 atom stereocenters. The highest BCUT2D eigenvalue weighted by Gasteiger charge is 2.27. The van der Waals surface area contributed by atoms with Gasteiger partial charge in [0.15, 0.2) is 0 Å². The Balaban J connectivity index is 1.86. The third-order valence-electron chi connectivity index (χ3n) is 4.17. The molecule has 0 saturated heterocycles. The first kappa shape index (κ1) is 18.5. The van der Waals surface area contributed by atoms with Gasteiger partial charge in [0.25, 0.3) is 0 Å². The molecule has 0 spiro atoms. The number of benzene rings is 2. The summed E-state index contributed by atoms with van der Waals surface area (Å²) in [4.78, 5) is 3.83. The van der Waals surface area contributed by atoms with E-state index in [-0.39, 0.29) is 9.92 Å². The summed E-state index contributed by atoms with van der Waals surface area (Å²) < 4.78 is 41.7. The van der Waals surface area contributed by atoms with E-state index in [9.17, 15) is 12.8 Å². The van der Waals surface area contributed by atoms with Crippen molar-refractivity contribution in [3.05, 3.63) is 71.5 Å². The van der Waals surface area contributed by atoms with Crippen LogP contribution in [0.2, 0.25) is 5.02 Å². The fourth-order valence-electron chi connectivity index (χ4n) is 2.47. The molecule has 0 saturated carbocycles. The summed E-state index contributed by atoms with van der Waals surface area (Å²) in [6, 6.07) is 10.2. The first-order chi connectivity index (χ1) is 12.3. The van der Waals surface area contributed by atoms with E-state index in [1.165, 1.54) is 23.7 Å². The second-order valence-corrected chi connectivity index (χ2v) is 8.11. The Morgan fingerprint density at radius 3 is 2.46 bits per heavy atom. The van der Waals surface area contributed by atoms with E-state index in [0.717, 1.165) is 23.4 Å². The van der Waals surface area contributed by atoms with Gasteiger partial charge >= 0.3 is 0 Å². The van der Waals surface area contributed by atoms with Crippen molar-refractivity contribution in [3.63, 3.8) is 0 Å². The Morgan fingerprint density at radius 1 is 1.19 bits per heavy atom. The molecular formula is C17H16ClFN4O2S. The number of halogens is 2. The van der Waals surface area contributed by atoms with Crippen molar-refractivity contribution < 1.29 is 12.8 Å². The number of hydrogen-bond acceptors (Lipinski definition) is 4. The van der Waals surface area contributed by atoms with Gasteiger partial charge in [-0.25, -0.2) is 22.5 Å². The van der Waals surface area contributed by atoms with Crippen LogP contribution in [-0.4, -0.2) is 34.5 Å². The molecule has 3 aromatic rings. The van der Waals surface area contributed by atoms with Gasteiger partial charge in [0, 0.05) is 13.1 Å². The van der Waals surface area contributed by atoms with Crippen LogP contribution in [-0.2, 0) is 10.0 Å². The number of aromatic nitrogens is 3. The van der Waals surface area contributed by atoms with E-state index >= 15 is 0 Å². The van der Waals surface area contributed by atoms with Gasteiger partial charge < -0.3 is 0 Å². The molecule has 1 aromatic heterocycles. The van der Waals surface area contributed by atoms with Crippen molar-refractivity contribution in [2.45, 2.75) is 17.9 Å². The fraction of sp³-hybridized carbons (Fsp3) is 0.176. The zero-order chi connectivity index (χ0) is 18.9. The van der Waals surface area contributed by atoms with Gasteiger partial charge in [-0.2, -0.15) is 9.40 Å². The molecule has 26 heavy (non-hydrogen) atoms. The van der Waals surface area contributed by atoms with Crippen molar-refractivity contribution in [1.82, 2.24) is 19.1 Å². The Morgan fingerprint density at radius 2 is 1.88 bits per heavy atom. The van der Waals surface area contributed by atoms with Gasteiger partial charge in [-0.05, 0) is 42.8 Å². The summed E-state index contributed by atoms with van der Waals surface area (Å²) in [7, 11) is -2.35. The van der Waals surface area contributed by atoms with Crippen LogP contribution in [0.15, 0.2) is 60.0 Å². The normalized spacial score (nSPS) is 13.1. The number of sulfonamides is 1. The van der Waals surface area contributed by atoms with E-state index < -0.39 is 21.9 Å². The minimum atomic E-state index is -3.82. The van der Waals surface area contributed by atoms with E-state index in [0.29, 0.717) is 0 Å². The van der Waals surface area contributed by atoms with Crippen LogP contribution in [0.1, 0.15) is 18.5 Å². The highest BCUT2D eigenvalue weighted by molar-refractivity contribution is 7.89. The summed E-state index contributed by atoms with van der Waals surface area (Å²) in [6.07, 6.45) is 3.01. The van der Waals surface area contributed by atoms with Crippen molar-refractivity contribution in [2.24, 2.45) is 0 Å². The molecule has 9 heteroatoms. The quantitative estimate of drug-likeness (QED) is 0.664. The summed E-state index contributed by atoms with van der Waals surface area (Å²) in [5.41, 5.74) is 1.61. The lowest BCUT2D eigenvalue weighted by Gasteiger charge is -2.25. The van der Waals surface area contributed by atoms with Crippen LogP contribution in [0.3, 0.4) is 0 Å². The van der Waals surface area contributed by atoms with Gasteiger partial charge in [0.2, 0.25) is 10.0 Å². The van der Waals surface area contributed by atoms with Crippen molar-refractivity contribution >= 4 is 21.6 Å². The minimum Gasteiger partial charge on any atom is -0.223 e. The van der Waals surface area contributed by atoms with Gasteiger partial charge in [-0.15, -0.1) is 0 Å². The molecule has 136 valence electrons. The van der Waals surface area contributed by atoms with Crippen molar-refractivity contribution in [2.75, 3.05) is 7.05 Å². The highest BCUT2D eigenvalue weighted by atomic mass is 35.5. The maximum Gasteiger partial charge on any atom is 0.243 e. The van der Waals surface area contributed by atoms with Crippen LogP contribution in [0.5, 0.6) is 0 Å². The first-order valence-corrected chi connectivity index (χ1v) is 9.50. The molecule has 0 unspecified atom stereocenters. The summed E-state index contributed by atoms with van der Waals surface area (Å²) in [5, 5.41) is 3.81. The number of nitrogens with zero attached hydrogens (tertiary/aromatic N) is 4. The lowest BCUT2D eigenvalue weighted by molar-refractivity contribution is 0.398. The monoisotopic (exact) mass is 394 g/mol. The average molecular weight is 395 g/mol. The summed E-state index contributed by atoms with van der Waals surface area (Å²) in [6.45, 7) is 1.77. The van der Waals surface area contributed by atoms with Crippen LogP contribution in [0.4, 0.5) is 4.39 Å². The van der Waals surface area contributed by atoms with E-state index in [1.54, 1.807) is 17.9 Å². The molecule has 0 aliphatic rings. The molecule has 3 rings (SSSR count). The Bertz CT molecular complexity index is 1010. The number of hydrogen-bond donors (Lipinski definition) is 0. The fourth-order valence-corrected chi connectivity index (χ4v) is 4.09. The van der Waals surface area contributed by atoms with Gasteiger partial charge in [0.1, 0.15) is 18.5 Å². The zero-order valence-corrected chi connectivity index (χ0v) is 15.6. The Labute approximate surface area is 155 Å². The smallest absolute Gasteiger partial charge is 0.223 e. The molecular weight excluding hydrogens is 379 g/mol. The molecule has 1 heterocycles. The standard InChI is InChI=1S/C17H16ClFN4O2S/c1-12(13-3-5-14(6-4-13)23-11-20-10-21-23)22(2)26(24,25)15-7-8-17(19)16(18)9-15/h3-12H,1-2H3/t12-/m1/s1. The first-order valence-electron chi connectivity index (χ1n) is 7.69. The molecule has 0 aliphatic carbocycles. The van der Waals surface area contributed by atoms with Gasteiger partial charge in [0.05, 0.1) is 15.6 Å². The van der Waals surface area contributed by atoms with E-state index in [4.69, 9.17) is 11.6 Å². The van der Waals surface area contributed by atoms with Crippen molar-refractivity contribution in [3.8, 4) is 5.69 Å². The van der Waals surface area contributed by atoms with Crippen LogP contribution in [0, 0.1) is 5.82 Å². The third kappa shape index (κ3) is 3.48. The second kappa shape index (κ2) is 7.14. The van der Waals surface area contributed by atoms with Crippen LogP contribution < -0.4 is 0 Å². The van der Waals surface area contributed by atoms with Gasteiger partial charge in [-0.3, -0.25) is 0 Å². The van der Waals surface area contributed by atoms with Crippen LogP contribution in [0.25, 0.3) is 5.69 Å².